The van der Waals surface area contributed by atoms with Crippen molar-refractivity contribution < 1.29 is 9.53 Å². The van der Waals surface area contributed by atoms with Crippen LogP contribution in [0.3, 0.4) is 0 Å². The molecule has 3 rings (SSSR count). The Morgan fingerprint density at radius 2 is 2.05 bits per heavy atom. The van der Waals surface area contributed by atoms with Gasteiger partial charge in [-0.1, -0.05) is 12.1 Å². The first-order valence-electron chi connectivity index (χ1n) is 7.04. The minimum Gasteiger partial charge on any atom is -0.497 e. The molecule has 2 nitrogen and oxygen atoms in total. The lowest BCUT2D eigenvalue weighted by Gasteiger charge is -2.02. The lowest BCUT2D eigenvalue weighted by atomic mass is 10.1. The van der Waals surface area contributed by atoms with Gasteiger partial charge in [-0.25, -0.2) is 0 Å². The summed E-state index contributed by atoms with van der Waals surface area (Å²) in [5.74, 6) is 1.13. The molecule has 0 atom stereocenters. The van der Waals surface area contributed by atoms with Crippen molar-refractivity contribution in [2.75, 3.05) is 7.11 Å². The van der Waals surface area contributed by atoms with Crippen molar-refractivity contribution in [3.8, 4) is 5.75 Å². The minimum atomic E-state index is 0.278. The first-order chi connectivity index (χ1) is 9.76. The van der Waals surface area contributed by atoms with E-state index in [1.54, 1.807) is 18.4 Å². The monoisotopic (exact) mass is 286 g/mol. The average molecular weight is 286 g/mol. The van der Waals surface area contributed by atoms with Crippen LogP contribution in [0, 0.1) is 0 Å². The fourth-order valence-corrected chi connectivity index (χ4v) is 3.86. The topological polar surface area (TPSA) is 26.3 Å². The van der Waals surface area contributed by atoms with E-state index in [0.717, 1.165) is 29.9 Å². The second kappa shape index (κ2) is 5.80. The number of hydrogen-bond acceptors (Lipinski definition) is 3. The van der Waals surface area contributed by atoms with Crippen LogP contribution in [0.2, 0.25) is 0 Å². The van der Waals surface area contributed by atoms with Crippen molar-refractivity contribution >= 4 is 17.1 Å². The molecule has 0 saturated carbocycles. The Balaban J connectivity index is 1.60. The van der Waals surface area contributed by atoms with Gasteiger partial charge in [0.05, 0.1) is 12.0 Å². The molecular formula is C17H18O2S. The third-order valence-corrected chi connectivity index (χ3v) is 5.10. The van der Waals surface area contributed by atoms with Crippen molar-refractivity contribution in [1.29, 1.82) is 0 Å². The molecule has 0 spiro atoms. The summed E-state index contributed by atoms with van der Waals surface area (Å²) in [6.45, 7) is 0. The van der Waals surface area contributed by atoms with Crippen molar-refractivity contribution in [1.82, 2.24) is 0 Å². The lowest BCUT2D eigenvalue weighted by Crippen LogP contribution is -1.99. The minimum absolute atomic E-state index is 0.278. The summed E-state index contributed by atoms with van der Waals surface area (Å²) < 4.78 is 5.13. The Bertz CT molecular complexity index is 589. The number of ketones is 1. The molecule has 1 aromatic carbocycles. The standard InChI is InChI=1S/C17H18O2S/c1-19-14-8-5-12(6-9-14)7-10-15(18)17-11-13-3-2-4-16(13)20-17/h5-6,8-9,11H,2-4,7,10H2,1H3. The van der Waals surface area contributed by atoms with E-state index >= 15 is 0 Å². The summed E-state index contributed by atoms with van der Waals surface area (Å²) in [7, 11) is 1.66. The maximum Gasteiger partial charge on any atom is 0.173 e. The Morgan fingerprint density at radius 3 is 2.75 bits per heavy atom. The highest BCUT2D eigenvalue weighted by Crippen LogP contribution is 2.31. The zero-order valence-electron chi connectivity index (χ0n) is 11.6. The van der Waals surface area contributed by atoms with Gasteiger partial charge >= 0.3 is 0 Å². The van der Waals surface area contributed by atoms with Crippen LogP contribution in [0.4, 0.5) is 0 Å². The molecule has 104 valence electrons. The van der Waals surface area contributed by atoms with Gasteiger partial charge < -0.3 is 4.74 Å². The van der Waals surface area contributed by atoms with E-state index in [2.05, 4.69) is 6.07 Å². The molecule has 1 aromatic heterocycles. The molecule has 1 aliphatic rings. The molecule has 1 aliphatic carbocycles. The van der Waals surface area contributed by atoms with E-state index in [-0.39, 0.29) is 5.78 Å². The molecule has 0 saturated heterocycles. The van der Waals surface area contributed by atoms with Gasteiger partial charge in [0.1, 0.15) is 5.75 Å². The molecule has 0 fully saturated rings. The number of fused-ring (bicyclic) bond motifs is 1. The largest absolute Gasteiger partial charge is 0.497 e. The van der Waals surface area contributed by atoms with Gasteiger partial charge in [-0.3, -0.25) is 4.79 Å². The van der Waals surface area contributed by atoms with E-state index in [0.29, 0.717) is 6.42 Å². The van der Waals surface area contributed by atoms with Gasteiger partial charge in [0.15, 0.2) is 5.78 Å². The predicted molar refractivity (Wildman–Crippen MR) is 82.0 cm³/mol. The van der Waals surface area contributed by atoms with E-state index in [9.17, 15) is 4.79 Å². The Kier molecular flexibility index (Phi) is 3.88. The Hall–Kier alpha value is -1.61. The molecule has 0 amide bonds. The summed E-state index contributed by atoms with van der Waals surface area (Å²) in [5, 5.41) is 0. The maximum atomic E-state index is 12.2. The molecule has 1 heterocycles. The smallest absolute Gasteiger partial charge is 0.173 e. The third-order valence-electron chi connectivity index (χ3n) is 3.82. The number of methoxy groups -OCH3 is 1. The summed E-state index contributed by atoms with van der Waals surface area (Å²) in [4.78, 5) is 14.6. The lowest BCUT2D eigenvalue weighted by molar-refractivity contribution is 0.0986. The van der Waals surface area contributed by atoms with Gasteiger partial charge in [0.2, 0.25) is 0 Å². The van der Waals surface area contributed by atoms with Crippen molar-refractivity contribution in [2.45, 2.75) is 32.1 Å². The second-order valence-corrected chi connectivity index (χ2v) is 6.32. The van der Waals surface area contributed by atoms with E-state index in [1.807, 2.05) is 24.3 Å². The number of ether oxygens (including phenoxy) is 1. The van der Waals surface area contributed by atoms with E-state index < -0.39 is 0 Å². The van der Waals surface area contributed by atoms with Gasteiger partial charge in [-0.05, 0) is 55.0 Å². The number of benzene rings is 1. The van der Waals surface area contributed by atoms with Gasteiger partial charge in [0.25, 0.3) is 0 Å². The van der Waals surface area contributed by atoms with Crippen LogP contribution in [-0.4, -0.2) is 12.9 Å². The highest BCUT2D eigenvalue weighted by atomic mass is 32.1. The molecular weight excluding hydrogens is 268 g/mol. The van der Waals surface area contributed by atoms with E-state index in [4.69, 9.17) is 4.74 Å². The van der Waals surface area contributed by atoms with Crippen molar-refractivity contribution in [3.05, 3.63) is 51.2 Å². The number of thiophene rings is 1. The first-order valence-corrected chi connectivity index (χ1v) is 7.85. The highest BCUT2D eigenvalue weighted by molar-refractivity contribution is 7.14. The predicted octanol–water partition coefficient (Wildman–Crippen LogP) is 4.06. The number of aryl methyl sites for hydroxylation is 3. The van der Waals surface area contributed by atoms with Gasteiger partial charge in [-0.2, -0.15) is 0 Å². The summed E-state index contributed by atoms with van der Waals surface area (Å²) in [6.07, 6.45) is 4.95. The summed E-state index contributed by atoms with van der Waals surface area (Å²) >= 11 is 1.70. The maximum absolute atomic E-state index is 12.2. The fourth-order valence-electron chi connectivity index (χ4n) is 2.64. The van der Waals surface area contributed by atoms with Crippen LogP contribution >= 0.6 is 11.3 Å². The molecule has 2 aromatic rings. The molecule has 0 N–H and O–H groups in total. The van der Waals surface area contributed by atoms with Crippen LogP contribution < -0.4 is 4.74 Å². The molecule has 0 unspecified atom stereocenters. The number of carbonyl (C=O) groups is 1. The third kappa shape index (κ3) is 2.78. The normalized spacial score (nSPS) is 13.2. The van der Waals surface area contributed by atoms with Gasteiger partial charge in [0, 0.05) is 11.3 Å². The van der Waals surface area contributed by atoms with E-state index in [1.165, 1.54) is 22.4 Å². The number of rotatable bonds is 5. The molecule has 3 heteroatoms. The number of Topliss-reactive ketones (excluding diaryl/α,β-unsaturated/α-hetero) is 1. The molecule has 20 heavy (non-hydrogen) atoms. The zero-order chi connectivity index (χ0) is 13.9. The number of carbonyl (C=O) groups excluding carboxylic acids is 1. The summed E-state index contributed by atoms with van der Waals surface area (Å²) in [6, 6.07) is 10.1. The van der Waals surface area contributed by atoms with Crippen LogP contribution in [0.15, 0.2) is 30.3 Å². The number of hydrogen-bond donors (Lipinski definition) is 0. The molecule has 0 aliphatic heterocycles. The van der Waals surface area contributed by atoms with Crippen molar-refractivity contribution in [3.63, 3.8) is 0 Å². The van der Waals surface area contributed by atoms with Crippen molar-refractivity contribution in [2.24, 2.45) is 0 Å². The zero-order valence-corrected chi connectivity index (χ0v) is 12.5. The first kappa shape index (κ1) is 13.4. The Labute approximate surface area is 123 Å². The van der Waals surface area contributed by atoms with Crippen LogP contribution in [0.5, 0.6) is 5.75 Å². The highest BCUT2D eigenvalue weighted by Gasteiger charge is 2.18. The quantitative estimate of drug-likeness (QED) is 0.775. The van der Waals surface area contributed by atoms with Crippen LogP contribution in [0.1, 0.15) is 38.5 Å². The summed E-state index contributed by atoms with van der Waals surface area (Å²) in [5.41, 5.74) is 2.59. The molecule has 0 radical (unpaired) electrons. The van der Waals surface area contributed by atoms with Crippen LogP contribution in [0.25, 0.3) is 0 Å². The van der Waals surface area contributed by atoms with Crippen LogP contribution in [-0.2, 0) is 19.3 Å². The average Bonchev–Trinajstić information content (AvgIpc) is 3.06. The second-order valence-electron chi connectivity index (χ2n) is 5.18. The fraction of sp³-hybridized carbons (Fsp3) is 0.353. The Morgan fingerprint density at radius 1 is 1.25 bits per heavy atom. The molecule has 0 bridgehead atoms. The SMILES string of the molecule is COc1ccc(CCC(=O)c2cc3c(s2)CCC3)cc1. The van der Waals surface area contributed by atoms with Gasteiger partial charge in [-0.15, -0.1) is 11.3 Å².